The molecule has 1 aliphatic heterocycles. The average Bonchev–Trinajstić information content (AvgIpc) is 3.07. The molecule has 1 N–H and O–H groups in total. The summed E-state index contributed by atoms with van der Waals surface area (Å²) in [6, 6.07) is 12.8. The van der Waals surface area contributed by atoms with Crippen LogP contribution < -0.4 is 19.7 Å². The molecule has 1 atom stereocenters. The maximum Gasteiger partial charge on any atom is 0.265 e. The number of rotatable bonds is 6. The van der Waals surface area contributed by atoms with Crippen molar-refractivity contribution in [1.29, 1.82) is 0 Å². The molecule has 2 aromatic rings. The van der Waals surface area contributed by atoms with E-state index in [1.165, 1.54) is 0 Å². The van der Waals surface area contributed by atoms with Crippen LogP contribution in [0, 0.1) is 6.92 Å². The van der Waals surface area contributed by atoms with Crippen molar-refractivity contribution in [1.82, 2.24) is 0 Å². The quantitative estimate of drug-likeness (QED) is 0.847. The fraction of sp³-hybridized carbons (Fsp3) is 0.333. The normalized spacial score (nSPS) is 14.8. The van der Waals surface area contributed by atoms with Crippen LogP contribution in [-0.2, 0) is 9.59 Å². The Labute approximate surface area is 159 Å². The molecule has 0 saturated carbocycles. The monoisotopic (exact) mass is 368 g/mol. The lowest BCUT2D eigenvalue weighted by molar-refractivity contribution is -0.122. The molecule has 0 bridgehead atoms. The molecule has 2 amide bonds. The number of methoxy groups -OCH3 is 1. The number of nitrogens with zero attached hydrogens (tertiary/aromatic N) is 1. The Morgan fingerprint density at radius 1 is 1.22 bits per heavy atom. The standard InChI is InChI=1S/C21H24N2O4/c1-14-6-4-7-17(12-14)27-15(2)21(25)22-16-9-10-18(19(13-16)26-3)23-11-5-8-20(23)24/h4,6-7,9-10,12-13,15H,5,8,11H2,1-3H3,(H,22,25). The maximum absolute atomic E-state index is 12.5. The molecular formula is C21H24N2O4. The van der Waals surface area contributed by atoms with Crippen LogP contribution in [0.5, 0.6) is 11.5 Å². The topological polar surface area (TPSA) is 67.9 Å². The minimum atomic E-state index is -0.655. The highest BCUT2D eigenvalue weighted by Crippen LogP contribution is 2.33. The van der Waals surface area contributed by atoms with Gasteiger partial charge in [0.25, 0.3) is 5.91 Å². The second-order valence-electron chi connectivity index (χ2n) is 6.60. The second-order valence-corrected chi connectivity index (χ2v) is 6.60. The lowest BCUT2D eigenvalue weighted by Crippen LogP contribution is -2.30. The molecule has 0 aromatic heterocycles. The van der Waals surface area contributed by atoms with Crippen LogP contribution in [0.4, 0.5) is 11.4 Å². The predicted molar refractivity (Wildman–Crippen MR) is 104 cm³/mol. The van der Waals surface area contributed by atoms with Crippen molar-refractivity contribution in [3.63, 3.8) is 0 Å². The van der Waals surface area contributed by atoms with Crippen molar-refractivity contribution in [3.05, 3.63) is 48.0 Å². The van der Waals surface area contributed by atoms with E-state index >= 15 is 0 Å². The molecule has 1 fully saturated rings. The zero-order valence-electron chi connectivity index (χ0n) is 15.8. The smallest absolute Gasteiger partial charge is 0.265 e. The lowest BCUT2D eigenvalue weighted by Gasteiger charge is -2.20. The van der Waals surface area contributed by atoms with Gasteiger partial charge in [0, 0.05) is 24.7 Å². The van der Waals surface area contributed by atoms with E-state index in [-0.39, 0.29) is 11.8 Å². The summed E-state index contributed by atoms with van der Waals surface area (Å²) in [4.78, 5) is 26.1. The molecule has 3 rings (SSSR count). The average molecular weight is 368 g/mol. The highest BCUT2D eigenvalue weighted by Gasteiger charge is 2.25. The van der Waals surface area contributed by atoms with E-state index in [1.807, 2.05) is 31.2 Å². The first-order chi connectivity index (χ1) is 13.0. The van der Waals surface area contributed by atoms with E-state index in [1.54, 1.807) is 37.1 Å². The molecule has 6 nitrogen and oxygen atoms in total. The molecular weight excluding hydrogens is 344 g/mol. The summed E-state index contributed by atoms with van der Waals surface area (Å²) in [6.07, 6.45) is 0.738. The van der Waals surface area contributed by atoms with Gasteiger partial charge in [-0.15, -0.1) is 0 Å². The Morgan fingerprint density at radius 2 is 2.04 bits per heavy atom. The SMILES string of the molecule is COc1cc(NC(=O)C(C)Oc2cccc(C)c2)ccc1N1CCCC1=O. The Bertz CT molecular complexity index is 850. The number of nitrogens with one attached hydrogen (secondary N) is 1. The van der Waals surface area contributed by atoms with Gasteiger partial charge in [0.05, 0.1) is 12.8 Å². The van der Waals surface area contributed by atoms with Crippen LogP contribution in [0.15, 0.2) is 42.5 Å². The molecule has 0 spiro atoms. The van der Waals surface area contributed by atoms with Crippen molar-refractivity contribution in [2.45, 2.75) is 32.8 Å². The van der Waals surface area contributed by atoms with Crippen molar-refractivity contribution in [2.75, 3.05) is 23.9 Å². The van der Waals surface area contributed by atoms with Gasteiger partial charge in [-0.2, -0.15) is 0 Å². The summed E-state index contributed by atoms with van der Waals surface area (Å²) in [5.74, 6) is 1.03. The first-order valence-corrected chi connectivity index (χ1v) is 9.00. The summed E-state index contributed by atoms with van der Waals surface area (Å²) in [6.45, 7) is 4.35. The van der Waals surface area contributed by atoms with Gasteiger partial charge in [0.2, 0.25) is 5.91 Å². The van der Waals surface area contributed by atoms with Gasteiger partial charge in [-0.05, 0) is 50.1 Å². The molecule has 1 unspecified atom stereocenters. The summed E-state index contributed by atoms with van der Waals surface area (Å²) in [5, 5.41) is 2.83. The summed E-state index contributed by atoms with van der Waals surface area (Å²) in [5.41, 5.74) is 2.38. The Morgan fingerprint density at radius 3 is 2.70 bits per heavy atom. The number of ether oxygens (including phenoxy) is 2. The van der Waals surface area contributed by atoms with Crippen molar-refractivity contribution in [3.8, 4) is 11.5 Å². The Kier molecular flexibility index (Phi) is 5.64. The predicted octanol–water partition coefficient (Wildman–Crippen LogP) is 3.54. The van der Waals surface area contributed by atoms with E-state index in [0.29, 0.717) is 30.2 Å². The van der Waals surface area contributed by atoms with Crippen LogP contribution in [0.1, 0.15) is 25.3 Å². The number of hydrogen-bond donors (Lipinski definition) is 1. The molecule has 0 radical (unpaired) electrons. The van der Waals surface area contributed by atoms with E-state index in [4.69, 9.17) is 9.47 Å². The van der Waals surface area contributed by atoms with E-state index in [0.717, 1.165) is 17.7 Å². The Balaban J connectivity index is 1.69. The van der Waals surface area contributed by atoms with Gasteiger partial charge in [-0.25, -0.2) is 0 Å². The highest BCUT2D eigenvalue weighted by atomic mass is 16.5. The number of amides is 2. The lowest BCUT2D eigenvalue weighted by atomic mass is 10.2. The van der Waals surface area contributed by atoms with Crippen molar-refractivity contribution >= 4 is 23.2 Å². The minimum absolute atomic E-state index is 0.0882. The summed E-state index contributed by atoms with van der Waals surface area (Å²) in [7, 11) is 1.55. The van der Waals surface area contributed by atoms with E-state index in [2.05, 4.69) is 5.32 Å². The fourth-order valence-corrected chi connectivity index (χ4v) is 3.07. The van der Waals surface area contributed by atoms with Gasteiger partial charge in [-0.1, -0.05) is 12.1 Å². The van der Waals surface area contributed by atoms with Crippen LogP contribution in [0.2, 0.25) is 0 Å². The van der Waals surface area contributed by atoms with Crippen molar-refractivity contribution < 1.29 is 19.1 Å². The van der Waals surface area contributed by atoms with Gasteiger partial charge in [0.1, 0.15) is 11.5 Å². The Hall–Kier alpha value is -3.02. The van der Waals surface area contributed by atoms with E-state index in [9.17, 15) is 9.59 Å². The molecule has 142 valence electrons. The molecule has 6 heteroatoms. The molecule has 0 aliphatic carbocycles. The third kappa shape index (κ3) is 4.39. The van der Waals surface area contributed by atoms with Gasteiger partial charge < -0.3 is 19.7 Å². The molecule has 1 aliphatic rings. The largest absolute Gasteiger partial charge is 0.494 e. The van der Waals surface area contributed by atoms with Gasteiger partial charge in [0.15, 0.2) is 6.10 Å². The number of benzene rings is 2. The van der Waals surface area contributed by atoms with Gasteiger partial charge in [-0.3, -0.25) is 9.59 Å². The third-order valence-electron chi connectivity index (χ3n) is 4.48. The van der Waals surface area contributed by atoms with Crippen LogP contribution in [0.3, 0.4) is 0 Å². The van der Waals surface area contributed by atoms with Crippen LogP contribution in [-0.4, -0.2) is 31.6 Å². The third-order valence-corrected chi connectivity index (χ3v) is 4.48. The number of carbonyl (C=O) groups excluding carboxylic acids is 2. The molecule has 27 heavy (non-hydrogen) atoms. The number of anilines is 2. The number of hydrogen-bond acceptors (Lipinski definition) is 4. The molecule has 2 aromatic carbocycles. The minimum Gasteiger partial charge on any atom is -0.494 e. The first-order valence-electron chi connectivity index (χ1n) is 9.00. The van der Waals surface area contributed by atoms with Crippen molar-refractivity contribution in [2.24, 2.45) is 0 Å². The zero-order chi connectivity index (χ0) is 19.4. The van der Waals surface area contributed by atoms with E-state index < -0.39 is 6.10 Å². The summed E-state index contributed by atoms with van der Waals surface area (Å²) < 4.78 is 11.1. The fourth-order valence-electron chi connectivity index (χ4n) is 3.07. The first kappa shape index (κ1) is 18.8. The molecule has 1 saturated heterocycles. The highest BCUT2D eigenvalue weighted by molar-refractivity contribution is 5.98. The maximum atomic E-state index is 12.5. The summed E-state index contributed by atoms with van der Waals surface area (Å²) >= 11 is 0. The number of aryl methyl sites for hydroxylation is 1. The van der Waals surface area contributed by atoms with Crippen LogP contribution in [0.25, 0.3) is 0 Å². The zero-order valence-corrected chi connectivity index (χ0v) is 15.8. The second kappa shape index (κ2) is 8.12. The van der Waals surface area contributed by atoms with Gasteiger partial charge >= 0.3 is 0 Å². The molecule has 1 heterocycles. The number of carbonyl (C=O) groups is 2. The van der Waals surface area contributed by atoms with Crippen LogP contribution >= 0.6 is 0 Å².